The number of rotatable bonds is 7. The van der Waals surface area contributed by atoms with Crippen LogP contribution in [0, 0.1) is 0 Å². The molecule has 3 rings (SSSR count). The van der Waals surface area contributed by atoms with Crippen LogP contribution in [0.2, 0.25) is 0 Å². The van der Waals surface area contributed by atoms with Crippen molar-refractivity contribution in [3.05, 3.63) is 91.0 Å². The van der Waals surface area contributed by atoms with Gasteiger partial charge >= 0.3 is 172 Å². The Morgan fingerprint density at radius 1 is 0.500 bits per heavy atom. The second kappa shape index (κ2) is 9.03. The Balaban J connectivity index is 2.37. The van der Waals surface area contributed by atoms with Crippen molar-refractivity contribution in [1.82, 2.24) is 4.90 Å². The van der Waals surface area contributed by atoms with Crippen molar-refractivity contribution in [1.29, 1.82) is 0 Å². The molecule has 0 spiro atoms. The molecule has 1 unspecified atom stereocenters. The molecule has 0 aliphatic carbocycles. The van der Waals surface area contributed by atoms with E-state index in [0.29, 0.717) is 17.9 Å². The van der Waals surface area contributed by atoms with E-state index in [2.05, 4.69) is 131 Å². The molecule has 148 valence electrons. The van der Waals surface area contributed by atoms with Gasteiger partial charge < -0.3 is 0 Å². The van der Waals surface area contributed by atoms with Crippen molar-refractivity contribution in [2.45, 2.75) is 52.5 Å². The summed E-state index contributed by atoms with van der Waals surface area (Å²) in [6.07, 6.45) is 0. The first-order valence-corrected chi connectivity index (χ1v) is 12.5. The molecule has 3 aromatic carbocycles. The van der Waals surface area contributed by atoms with E-state index in [1.54, 1.807) is 0 Å². The van der Waals surface area contributed by atoms with Crippen molar-refractivity contribution in [2.75, 3.05) is 0 Å². The maximum absolute atomic E-state index is 2.71. The molecule has 0 radical (unpaired) electrons. The molecule has 1 nitrogen and oxygen atoms in total. The predicted octanol–water partition coefficient (Wildman–Crippen LogP) is 5.18. The van der Waals surface area contributed by atoms with Crippen molar-refractivity contribution in [3.8, 4) is 0 Å². The molecular weight excluding hydrogens is 357 g/mol. The molecule has 0 saturated heterocycles. The molecule has 0 aliphatic heterocycles. The monoisotopic (exact) mass is 391 g/mol. The molecule has 0 amide bonds. The Bertz CT molecular complexity index is 739. The van der Waals surface area contributed by atoms with Crippen molar-refractivity contribution < 1.29 is 0 Å². The van der Waals surface area contributed by atoms with E-state index in [1.165, 1.54) is 15.9 Å². The fraction of sp³-hybridized carbons (Fsp3) is 0.308. The third-order valence-electron chi connectivity index (χ3n) is 5.95. The second-order valence-electron chi connectivity index (χ2n) is 8.22. The van der Waals surface area contributed by atoms with E-state index in [-0.39, 0.29) is 0 Å². The molecule has 2 heteroatoms. The van der Waals surface area contributed by atoms with Crippen LogP contribution >= 0.6 is 7.26 Å². The van der Waals surface area contributed by atoms with Gasteiger partial charge in [-0.1, -0.05) is 0 Å². The van der Waals surface area contributed by atoms with Gasteiger partial charge in [-0.3, -0.25) is 0 Å². The summed E-state index contributed by atoms with van der Waals surface area (Å²) in [5.74, 6) is 0.416. The molecule has 28 heavy (non-hydrogen) atoms. The Morgan fingerprint density at radius 2 is 0.786 bits per heavy atom. The molecular formula is C26H34NP. The van der Waals surface area contributed by atoms with Gasteiger partial charge in [0.2, 0.25) is 0 Å². The summed E-state index contributed by atoms with van der Waals surface area (Å²) < 4.78 is 0. The molecule has 1 atom stereocenters. The molecule has 0 aliphatic rings. The van der Waals surface area contributed by atoms with Gasteiger partial charge in [-0.25, -0.2) is 0 Å². The fourth-order valence-electron chi connectivity index (χ4n) is 5.04. The molecule has 0 fully saturated rings. The normalized spacial score (nSPS) is 13.9. The van der Waals surface area contributed by atoms with E-state index >= 15 is 0 Å². The van der Waals surface area contributed by atoms with Crippen LogP contribution < -0.4 is 15.9 Å². The first kappa shape index (κ1) is 20.8. The van der Waals surface area contributed by atoms with Gasteiger partial charge in [-0.2, -0.15) is 0 Å². The summed E-state index contributed by atoms with van der Waals surface area (Å²) in [6.45, 7) is 11.8. The van der Waals surface area contributed by atoms with E-state index in [0.717, 1.165) is 0 Å². The van der Waals surface area contributed by atoms with Gasteiger partial charge in [-0.05, 0) is 0 Å². The van der Waals surface area contributed by atoms with E-state index < -0.39 is 7.26 Å². The quantitative estimate of drug-likeness (QED) is 0.502. The Kier molecular flexibility index (Phi) is 6.70. The van der Waals surface area contributed by atoms with Crippen LogP contribution in [0.25, 0.3) is 0 Å². The Hall–Kier alpha value is -1.95. The second-order valence-corrected chi connectivity index (χ2v) is 12.4. The fourth-order valence-corrected chi connectivity index (χ4v) is 10.7. The zero-order valence-corrected chi connectivity index (χ0v) is 18.8. The van der Waals surface area contributed by atoms with Crippen LogP contribution in [0.4, 0.5) is 0 Å². The molecule has 0 heterocycles. The zero-order chi connectivity index (χ0) is 20.1. The van der Waals surface area contributed by atoms with Crippen LogP contribution in [-0.4, -0.2) is 22.8 Å². The first-order chi connectivity index (χ1) is 13.5. The minimum atomic E-state index is -2.29. The number of nitrogens with zero attached hydrogens (tertiary/aromatic N) is 1. The SMILES string of the molecule is CC(C)N(C(C)C)C(C)[PH](c1ccccc1)(c1ccccc1)c1ccccc1. The van der Waals surface area contributed by atoms with Crippen LogP contribution in [-0.2, 0) is 0 Å². The molecule has 0 aromatic heterocycles. The molecule has 0 N–H and O–H groups in total. The van der Waals surface area contributed by atoms with Crippen LogP contribution in [0.1, 0.15) is 34.6 Å². The Labute approximate surface area is 171 Å². The van der Waals surface area contributed by atoms with E-state index in [1.807, 2.05) is 0 Å². The topological polar surface area (TPSA) is 3.24 Å². The third kappa shape index (κ3) is 3.79. The summed E-state index contributed by atoms with van der Waals surface area (Å²) >= 11 is 0. The number of hydrogen-bond donors (Lipinski definition) is 0. The van der Waals surface area contributed by atoms with Crippen LogP contribution in [0.3, 0.4) is 0 Å². The predicted molar refractivity (Wildman–Crippen MR) is 128 cm³/mol. The number of benzene rings is 3. The molecule has 3 aromatic rings. The van der Waals surface area contributed by atoms with Crippen molar-refractivity contribution in [2.24, 2.45) is 0 Å². The summed E-state index contributed by atoms with van der Waals surface area (Å²) in [5.41, 5.74) is 0. The zero-order valence-electron chi connectivity index (χ0n) is 17.8. The van der Waals surface area contributed by atoms with Gasteiger partial charge in [0.15, 0.2) is 0 Å². The van der Waals surface area contributed by atoms with E-state index in [9.17, 15) is 0 Å². The summed E-state index contributed by atoms with van der Waals surface area (Å²) in [6, 6.07) is 34.6. The van der Waals surface area contributed by atoms with Crippen molar-refractivity contribution in [3.63, 3.8) is 0 Å². The standard InChI is InChI=1S/C26H34NP/c1-21(2)27(22(3)4)23(5)28(24-15-9-6-10-16-24,25-17-11-7-12-18-25)26-19-13-8-14-20-26/h6-23,28H,1-5H3. The van der Waals surface area contributed by atoms with Crippen LogP contribution in [0.5, 0.6) is 0 Å². The van der Waals surface area contributed by atoms with E-state index in [4.69, 9.17) is 0 Å². The number of hydrogen-bond acceptors (Lipinski definition) is 1. The van der Waals surface area contributed by atoms with Gasteiger partial charge in [-0.15, -0.1) is 0 Å². The van der Waals surface area contributed by atoms with Gasteiger partial charge in [0.05, 0.1) is 0 Å². The third-order valence-corrected chi connectivity index (χ3v) is 11.2. The minimum absolute atomic E-state index is 0.416. The van der Waals surface area contributed by atoms with Gasteiger partial charge in [0.25, 0.3) is 0 Å². The Morgan fingerprint density at radius 3 is 1.04 bits per heavy atom. The van der Waals surface area contributed by atoms with Gasteiger partial charge in [0.1, 0.15) is 0 Å². The average molecular weight is 392 g/mol. The summed E-state index contributed by atoms with van der Waals surface area (Å²) in [4.78, 5) is 2.71. The summed E-state index contributed by atoms with van der Waals surface area (Å²) in [7, 11) is -2.29. The average Bonchev–Trinajstić information content (AvgIpc) is 2.70. The maximum atomic E-state index is 2.71. The van der Waals surface area contributed by atoms with Crippen LogP contribution in [0.15, 0.2) is 91.0 Å². The molecule has 0 bridgehead atoms. The van der Waals surface area contributed by atoms with Gasteiger partial charge in [0, 0.05) is 0 Å². The van der Waals surface area contributed by atoms with Crippen molar-refractivity contribution >= 4 is 23.2 Å². The summed E-state index contributed by atoms with van der Waals surface area (Å²) in [5, 5.41) is 4.43. The first-order valence-electron chi connectivity index (χ1n) is 10.4. The molecule has 0 saturated carbocycles.